The normalized spacial score (nSPS) is 10.7. The van der Waals surface area contributed by atoms with Crippen LogP contribution in [-0.2, 0) is 0 Å². The maximum Gasteiger partial charge on any atom is 0.256 e. The third-order valence-electron chi connectivity index (χ3n) is 4.19. The summed E-state index contributed by atoms with van der Waals surface area (Å²) < 4.78 is 13.8. The predicted molar refractivity (Wildman–Crippen MR) is 102 cm³/mol. The molecule has 0 radical (unpaired) electrons. The minimum absolute atomic E-state index is 0.304. The van der Waals surface area contributed by atoms with E-state index in [1.54, 1.807) is 12.3 Å². The fraction of sp³-hybridized carbons (Fsp3) is 0. The molecule has 126 valence electrons. The zero-order valence-corrected chi connectivity index (χ0v) is 13.8. The monoisotopic (exact) mass is 342 g/mol. The number of hydrogen-bond donors (Lipinski definition) is 1. The molecule has 0 atom stereocenters. The van der Waals surface area contributed by atoms with E-state index in [0.29, 0.717) is 22.3 Å². The van der Waals surface area contributed by atoms with Crippen molar-refractivity contribution in [2.45, 2.75) is 0 Å². The Morgan fingerprint density at radius 3 is 2.54 bits per heavy atom. The Morgan fingerprint density at radius 2 is 1.69 bits per heavy atom. The predicted octanol–water partition coefficient (Wildman–Crippen LogP) is 5.29. The Labute approximate surface area is 150 Å². The molecular weight excluding hydrogens is 327 g/mol. The third-order valence-corrected chi connectivity index (χ3v) is 4.19. The van der Waals surface area contributed by atoms with Gasteiger partial charge in [0, 0.05) is 17.1 Å². The number of carbonyl (C=O) groups is 1. The number of rotatable bonds is 3. The molecule has 0 unspecified atom stereocenters. The number of pyridine rings is 1. The minimum Gasteiger partial charge on any atom is -0.320 e. The molecule has 4 heteroatoms. The van der Waals surface area contributed by atoms with Gasteiger partial charge in [-0.25, -0.2) is 4.39 Å². The van der Waals surface area contributed by atoms with Crippen LogP contribution in [0.5, 0.6) is 0 Å². The van der Waals surface area contributed by atoms with Gasteiger partial charge < -0.3 is 5.32 Å². The summed E-state index contributed by atoms with van der Waals surface area (Å²) in [5, 5.41) is 3.84. The van der Waals surface area contributed by atoms with Crippen LogP contribution in [0.2, 0.25) is 0 Å². The molecule has 26 heavy (non-hydrogen) atoms. The molecule has 0 saturated carbocycles. The Kier molecular flexibility index (Phi) is 4.15. The number of nitrogens with zero attached hydrogens (tertiary/aromatic N) is 1. The Hall–Kier alpha value is -3.53. The minimum atomic E-state index is -0.382. The molecule has 3 aromatic carbocycles. The number of benzene rings is 3. The van der Waals surface area contributed by atoms with Crippen LogP contribution in [0.1, 0.15) is 10.4 Å². The molecule has 1 amide bonds. The molecule has 4 rings (SSSR count). The zero-order valence-electron chi connectivity index (χ0n) is 13.8. The summed E-state index contributed by atoms with van der Waals surface area (Å²) in [7, 11) is 0. The summed E-state index contributed by atoms with van der Waals surface area (Å²) in [6.07, 6.45) is 1.69. The van der Waals surface area contributed by atoms with Gasteiger partial charge in [-0.2, -0.15) is 0 Å². The van der Waals surface area contributed by atoms with Crippen LogP contribution in [0, 0.1) is 5.82 Å². The number of aromatic nitrogens is 1. The van der Waals surface area contributed by atoms with Crippen molar-refractivity contribution in [2.75, 3.05) is 5.32 Å². The van der Waals surface area contributed by atoms with E-state index in [1.807, 2.05) is 54.6 Å². The average molecular weight is 342 g/mol. The second-order valence-electron chi connectivity index (χ2n) is 5.89. The molecule has 1 N–H and O–H groups in total. The molecule has 1 heterocycles. The smallest absolute Gasteiger partial charge is 0.256 e. The second kappa shape index (κ2) is 6.76. The van der Waals surface area contributed by atoms with Gasteiger partial charge in [0.2, 0.25) is 0 Å². The van der Waals surface area contributed by atoms with Gasteiger partial charge in [-0.1, -0.05) is 48.5 Å². The molecule has 0 spiro atoms. The number of fused-ring (bicyclic) bond motifs is 1. The summed E-state index contributed by atoms with van der Waals surface area (Å²) in [5.74, 6) is -0.686. The van der Waals surface area contributed by atoms with Crippen molar-refractivity contribution in [3.8, 4) is 11.1 Å². The maximum atomic E-state index is 13.8. The Bertz CT molecular complexity index is 1090. The molecule has 1 aromatic heterocycles. The van der Waals surface area contributed by atoms with Gasteiger partial charge in [0.15, 0.2) is 0 Å². The fourth-order valence-electron chi connectivity index (χ4n) is 2.97. The molecule has 0 saturated heterocycles. The van der Waals surface area contributed by atoms with Crippen molar-refractivity contribution >= 4 is 22.5 Å². The van der Waals surface area contributed by atoms with Crippen LogP contribution in [0.3, 0.4) is 0 Å². The largest absolute Gasteiger partial charge is 0.320 e. The highest BCUT2D eigenvalue weighted by Crippen LogP contribution is 2.27. The molecular formula is C22H15FN2O. The molecule has 3 nitrogen and oxygen atoms in total. The standard InChI is InChI=1S/C22H15FN2O/c23-17-11-12-18(19(14-17)15-6-2-1-3-7-15)22(26)25-20-10-4-8-16-9-5-13-24-21(16)20/h1-14H,(H,25,26). The number of anilines is 1. The van der Waals surface area contributed by atoms with Crippen LogP contribution in [0.4, 0.5) is 10.1 Å². The van der Waals surface area contributed by atoms with E-state index in [2.05, 4.69) is 10.3 Å². The van der Waals surface area contributed by atoms with Crippen LogP contribution in [0.15, 0.2) is 85.1 Å². The summed E-state index contributed by atoms with van der Waals surface area (Å²) in [6, 6.07) is 22.9. The second-order valence-corrected chi connectivity index (χ2v) is 5.89. The summed E-state index contributed by atoms with van der Waals surface area (Å²) in [4.78, 5) is 17.2. The highest BCUT2D eigenvalue weighted by molar-refractivity contribution is 6.11. The van der Waals surface area contributed by atoms with E-state index in [-0.39, 0.29) is 11.7 Å². The highest BCUT2D eigenvalue weighted by atomic mass is 19.1. The molecule has 0 fully saturated rings. The highest BCUT2D eigenvalue weighted by Gasteiger charge is 2.15. The van der Waals surface area contributed by atoms with Gasteiger partial charge in [0.25, 0.3) is 5.91 Å². The van der Waals surface area contributed by atoms with Crippen molar-refractivity contribution in [3.05, 3.63) is 96.4 Å². The van der Waals surface area contributed by atoms with Crippen molar-refractivity contribution < 1.29 is 9.18 Å². The van der Waals surface area contributed by atoms with Crippen molar-refractivity contribution in [2.24, 2.45) is 0 Å². The summed E-state index contributed by atoms with van der Waals surface area (Å²) in [5.41, 5.74) is 3.08. The lowest BCUT2D eigenvalue weighted by Gasteiger charge is -2.12. The fourth-order valence-corrected chi connectivity index (χ4v) is 2.97. The first-order chi connectivity index (χ1) is 12.7. The summed E-state index contributed by atoms with van der Waals surface area (Å²) in [6.45, 7) is 0. The number of halogens is 1. The van der Waals surface area contributed by atoms with E-state index >= 15 is 0 Å². The topological polar surface area (TPSA) is 42.0 Å². The van der Waals surface area contributed by atoms with E-state index in [0.717, 1.165) is 10.9 Å². The molecule has 0 aliphatic heterocycles. The lowest BCUT2D eigenvalue weighted by molar-refractivity contribution is 0.102. The van der Waals surface area contributed by atoms with E-state index < -0.39 is 0 Å². The van der Waals surface area contributed by atoms with Crippen molar-refractivity contribution in [3.63, 3.8) is 0 Å². The first kappa shape index (κ1) is 16.0. The number of para-hydroxylation sites is 1. The van der Waals surface area contributed by atoms with Gasteiger partial charge in [0.1, 0.15) is 5.82 Å². The Morgan fingerprint density at radius 1 is 0.885 bits per heavy atom. The van der Waals surface area contributed by atoms with Crippen molar-refractivity contribution in [1.82, 2.24) is 4.98 Å². The molecule has 0 aliphatic rings. The van der Waals surface area contributed by atoms with Gasteiger partial charge >= 0.3 is 0 Å². The first-order valence-electron chi connectivity index (χ1n) is 8.22. The van der Waals surface area contributed by atoms with Gasteiger partial charge in [-0.15, -0.1) is 0 Å². The lowest BCUT2D eigenvalue weighted by atomic mass is 9.99. The first-order valence-corrected chi connectivity index (χ1v) is 8.22. The molecule has 0 bridgehead atoms. The lowest BCUT2D eigenvalue weighted by Crippen LogP contribution is -2.14. The molecule has 0 aliphatic carbocycles. The molecule has 4 aromatic rings. The van der Waals surface area contributed by atoms with Crippen LogP contribution >= 0.6 is 0 Å². The number of carbonyl (C=O) groups excluding carboxylic acids is 1. The van der Waals surface area contributed by atoms with Crippen LogP contribution in [0.25, 0.3) is 22.0 Å². The summed E-state index contributed by atoms with van der Waals surface area (Å²) >= 11 is 0. The quantitative estimate of drug-likeness (QED) is 0.549. The SMILES string of the molecule is O=C(Nc1cccc2cccnc12)c1ccc(F)cc1-c1ccccc1. The van der Waals surface area contributed by atoms with Gasteiger partial charge in [0.05, 0.1) is 11.2 Å². The van der Waals surface area contributed by atoms with E-state index in [4.69, 9.17) is 0 Å². The maximum absolute atomic E-state index is 13.8. The third kappa shape index (κ3) is 3.05. The number of hydrogen-bond acceptors (Lipinski definition) is 2. The Balaban J connectivity index is 1.75. The van der Waals surface area contributed by atoms with Gasteiger partial charge in [-0.3, -0.25) is 9.78 Å². The van der Waals surface area contributed by atoms with E-state index in [9.17, 15) is 9.18 Å². The van der Waals surface area contributed by atoms with Gasteiger partial charge in [-0.05, 0) is 41.5 Å². The number of amides is 1. The van der Waals surface area contributed by atoms with E-state index in [1.165, 1.54) is 18.2 Å². The number of nitrogens with one attached hydrogen (secondary N) is 1. The van der Waals surface area contributed by atoms with Crippen LogP contribution < -0.4 is 5.32 Å². The van der Waals surface area contributed by atoms with Crippen LogP contribution in [-0.4, -0.2) is 10.9 Å². The van der Waals surface area contributed by atoms with Crippen molar-refractivity contribution in [1.29, 1.82) is 0 Å². The zero-order chi connectivity index (χ0) is 17.9. The average Bonchev–Trinajstić information content (AvgIpc) is 2.69.